The Morgan fingerprint density at radius 2 is 2.15 bits per heavy atom. The first-order valence-electron chi connectivity index (χ1n) is 6.17. The Kier molecular flexibility index (Phi) is 6.44. The van der Waals surface area contributed by atoms with Crippen molar-refractivity contribution in [2.24, 2.45) is 11.7 Å². The lowest BCUT2D eigenvalue weighted by atomic mass is 10.1. The number of hydrogen-bond donors (Lipinski definition) is 2. The van der Waals surface area contributed by atoms with Gasteiger partial charge in [-0.3, -0.25) is 0 Å². The summed E-state index contributed by atoms with van der Waals surface area (Å²) < 4.78 is 27.2. The van der Waals surface area contributed by atoms with E-state index in [1.807, 2.05) is 13.2 Å². The van der Waals surface area contributed by atoms with Gasteiger partial charge < -0.3 is 5.73 Å². The van der Waals surface area contributed by atoms with Gasteiger partial charge in [-0.15, -0.1) is 0 Å². The van der Waals surface area contributed by atoms with E-state index in [1.54, 1.807) is 36.9 Å². The third-order valence-electron chi connectivity index (χ3n) is 2.82. The summed E-state index contributed by atoms with van der Waals surface area (Å²) in [6, 6.07) is 4.88. The topological polar surface area (TPSA) is 72.2 Å². The highest BCUT2D eigenvalue weighted by molar-refractivity contribution is 7.98. The number of sulfonamides is 1. The van der Waals surface area contributed by atoms with Gasteiger partial charge in [-0.25, -0.2) is 13.1 Å². The molecule has 112 valence electrons. The number of rotatable bonds is 7. The summed E-state index contributed by atoms with van der Waals surface area (Å²) in [5.74, 6) is 1.21. The van der Waals surface area contributed by atoms with Gasteiger partial charge in [0.2, 0.25) is 10.0 Å². The molecule has 0 saturated heterocycles. The van der Waals surface area contributed by atoms with Gasteiger partial charge in [0.15, 0.2) is 0 Å². The molecule has 0 fully saturated rings. The maximum absolute atomic E-state index is 12.3. The van der Waals surface area contributed by atoms with Crippen LogP contribution in [0.25, 0.3) is 0 Å². The molecule has 0 bridgehead atoms. The molecule has 3 N–H and O–H groups in total. The fourth-order valence-electron chi connectivity index (χ4n) is 1.78. The minimum Gasteiger partial charge on any atom is -0.389 e. The van der Waals surface area contributed by atoms with E-state index in [0.29, 0.717) is 17.7 Å². The smallest absolute Gasteiger partial charge is 0.240 e. The average molecular weight is 333 g/mol. The molecule has 1 aromatic carbocycles. The second-order valence-corrected chi connectivity index (χ2v) is 7.84. The molecule has 0 spiro atoms. The van der Waals surface area contributed by atoms with E-state index in [2.05, 4.69) is 4.72 Å². The first-order valence-corrected chi connectivity index (χ1v) is 9.45. The molecular weight excluding hydrogens is 312 g/mol. The summed E-state index contributed by atoms with van der Waals surface area (Å²) in [6.45, 7) is 4.18. The second kappa shape index (κ2) is 7.40. The minimum atomic E-state index is -3.49. The van der Waals surface area contributed by atoms with Crippen LogP contribution in [0, 0.1) is 12.8 Å². The lowest BCUT2D eigenvalue weighted by Gasteiger charge is -2.13. The highest BCUT2D eigenvalue weighted by atomic mass is 32.2. The summed E-state index contributed by atoms with van der Waals surface area (Å²) in [7, 11) is -3.49. The van der Waals surface area contributed by atoms with Crippen molar-refractivity contribution < 1.29 is 8.42 Å². The SMILES string of the molecule is CSCC(C)CNS(=O)(=O)c1ccc(C(N)=S)cc1C. The van der Waals surface area contributed by atoms with E-state index >= 15 is 0 Å². The molecule has 1 atom stereocenters. The maximum atomic E-state index is 12.3. The van der Waals surface area contributed by atoms with Gasteiger partial charge in [-0.1, -0.05) is 25.2 Å². The summed E-state index contributed by atoms with van der Waals surface area (Å²) in [4.78, 5) is 0.535. The number of nitrogens with two attached hydrogens (primary N) is 1. The van der Waals surface area contributed by atoms with Gasteiger partial charge in [0, 0.05) is 12.1 Å². The maximum Gasteiger partial charge on any atom is 0.240 e. The molecule has 0 aromatic heterocycles. The molecule has 1 unspecified atom stereocenters. The average Bonchev–Trinajstić information content (AvgIpc) is 2.36. The second-order valence-electron chi connectivity index (χ2n) is 4.76. The van der Waals surface area contributed by atoms with E-state index in [4.69, 9.17) is 18.0 Å². The molecule has 20 heavy (non-hydrogen) atoms. The van der Waals surface area contributed by atoms with Crippen LogP contribution in [0.2, 0.25) is 0 Å². The summed E-state index contributed by atoms with van der Waals surface area (Å²) in [5.41, 5.74) is 6.85. The third kappa shape index (κ3) is 4.73. The predicted molar refractivity (Wildman–Crippen MR) is 89.8 cm³/mol. The fraction of sp³-hybridized carbons (Fsp3) is 0.462. The van der Waals surface area contributed by atoms with Crippen LogP contribution in [0.4, 0.5) is 0 Å². The zero-order valence-electron chi connectivity index (χ0n) is 11.8. The van der Waals surface area contributed by atoms with E-state index in [-0.39, 0.29) is 15.8 Å². The highest BCUT2D eigenvalue weighted by Crippen LogP contribution is 2.17. The number of thiocarbonyl (C=S) groups is 1. The molecule has 1 rings (SSSR count). The highest BCUT2D eigenvalue weighted by Gasteiger charge is 2.18. The largest absolute Gasteiger partial charge is 0.389 e. The molecule has 0 amide bonds. The molecular formula is C13H20N2O2S3. The number of nitrogens with one attached hydrogen (secondary N) is 1. The third-order valence-corrected chi connectivity index (χ3v) is 5.54. The van der Waals surface area contributed by atoms with Gasteiger partial charge in [0.25, 0.3) is 0 Å². The van der Waals surface area contributed by atoms with Gasteiger partial charge in [-0.2, -0.15) is 11.8 Å². The van der Waals surface area contributed by atoms with E-state index in [9.17, 15) is 8.42 Å². The normalized spacial score (nSPS) is 13.2. The zero-order valence-corrected chi connectivity index (χ0v) is 14.3. The minimum absolute atomic E-state index is 0.263. The first-order chi connectivity index (χ1) is 9.27. The zero-order chi connectivity index (χ0) is 15.3. The number of hydrogen-bond acceptors (Lipinski definition) is 4. The number of thioether (sulfide) groups is 1. The Labute approximate surface area is 130 Å². The van der Waals surface area contributed by atoms with Crippen LogP contribution in [0.3, 0.4) is 0 Å². The number of aryl methyl sites for hydroxylation is 1. The lowest BCUT2D eigenvalue weighted by molar-refractivity contribution is 0.562. The molecule has 0 aliphatic rings. The standard InChI is InChI=1S/C13H20N2O2S3/c1-9(8-19-3)7-15-20(16,17)12-5-4-11(13(14)18)6-10(12)2/h4-6,9,15H,7-8H2,1-3H3,(H2,14,18). The van der Waals surface area contributed by atoms with Crippen LogP contribution in [-0.2, 0) is 10.0 Å². The van der Waals surface area contributed by atoms with Crippen LogP contribution in [0.15, 0.2) is 23.1 Å². The van der Waals surface area contributed by atoms with Crippen molar-refractivity contribution in [2.75, 3.05) is 18.6 Å². The van der Waals surface area contributed by atoms with Crippen molar-refractivity contribution >= 4 is 39.0 Å². The van der Waals surface area contributed by atoms with Crippen molar-refractivity contribution in [3.63, 3.8) is 0 Å². The Morgan fingerprint density at radius 3 is 2.65 bits per heavy atom. The van der Waals surface area contributed by atoms with E-state index < -0.39 is 10.0 Å². The van der Waals surface area contributed by atoms with Crippen molar-refractivity contribution in [3.8, 4) is 0 Å². The van der Waals surface area contributed by atoms with Crippen LogP contribution in [0.1, 0.15) is 18.1 Å². The molecule has 0 radical (unpaired) electrons. The molecule has 0 aliphatic carbocycles. The van der Waals surface area contributed by atoms with Gasteiger partial charge in [0.05, 0.1) is 4.90 Å². The van der Waals surface area contributed by atoms with Gasteiger partial charge in [-0.05, 0) is 42.5 Å². The molecule has 7 heteroatoms. The van der Waals surface area contributed by atoms with Crippen LogP contribution >= 0.6 is 24.0 Å². The fourth-order valence-corrected chi connectivity index (χ4v) is 3.98. The molecule has 0 heterocycles. The van der Waals surface area contributed by atoms with Crippen molar-refractivity contribution in [3.05, 3.63) is 29.3 Å². The van der Waals surface area contributed by atoms with Gasteiger partial charge >= 0.3 is 0 Å². The monoisotopic (exact) mass is 332 g/mol. The molecule has 1 aromatic rings. The van der Waals surface area contributed by atoms with E-state index in [0.717, 1.165) is 5.75 Å². The molecule has 0 saturated carbocycles. The van der Waals surface area contributed by atoms with Crippen LogP contribution in [0.5, 0.6) is 0 Å². The Bertz CT molecular complexity index is 585. The van der Waals surface area contributed by atoms with Crippen molar-refractivity contribution in [1.82, 2.24) is 4.72 Å². The van der Waals surface area contributed by atoms with Crippen molar-refractivity contribution in [2.45, 2.75) is 18.7 Å². The van der Waals surface area contributed by atoms with Gasteiger partial charge in [0.1, 0.15) is 4.99 Å². The van der Waals surface area contributed by atoms with Crippen LogP contribution < -0.4 is 10.5 Å². The van der Waals surface area contributed by atoms with Crippen molar-refractivity contribution in [1.29, 1.82) is 0 Å². The predicted octanol–water partition coefficient (Wildman–Crippen LogP) is 1.91. The molecule has 4 nitrogen and oxygen atoms in total. The molecule has 0 aliphatic heterocycles. The summed E-state index contributed by atoms with van der Waals surface area (Å²) in [5, 5.41) is 0. The Hall–Kier alpha value is -0.630. The quantitative estimate of drug-likeness (QED) is 0.746. The Balaban J connectivity index is 2.90. The van der Waals surface area contributed by atoms with E-state index in [1.165, 1.54) is 0 Å². The lowest BCUT2D eigenvalue weighted by Crippen LogP contribution is -2.29. The summed E-state index contributed by atoms with van der Waals surface area (Å²) in [6.07, 6.45) is 2.00. The first kappa shape index (κ1) is 17.4. The van der Waals surface area contributed by atoms with Crippen LogP contribution in [-0.4, -0.2) is 32.0 Å². The Morgan fingerprint density at radius 1 is 1.50 bits per heavy atom. The summed E-state index contributed by atoms with van der Waals surface area (Å²) >= 11 is 6.58. The number of benzene rings is 1.